The first-order valence-corrected chi connectivity index (χ1v) is 8.77. The van der Waals surface area contributed by atoms with Crippen LogP contribution < -0.4 is 5.32 Å². The summed E-state index contributed by atoms with van der Waals surface area (Å²) in [4.78, 5) is 14.8. The van der Waals surface area contributed by atoms with E-state index in [-0.39, 0.29) is 11.9 Å². The van der Waals surface area contributed by atoms with Crippen LogP contribution >= 0.6 is 11.8 Å². The number of hydrogen-bond donors (Lipinski definition) is 1. The highest BCUT2D eigenvalue weighted by Gasteiger charge is 2.31. The van der Waals surface area contributed by atoms with E-state index in [1.165, 1.54) is 11.1 Å². The van der Waals surface area contributed by atoms with Gasteiger partial charge in [0.15, 0.2) is 0 Å². The van der Waals surface area contributed by atoms with Crippen LogP contribution in [0.25, 0.3) is 0 Å². The number of hydrogen-bond acceptors (Lipinski definition) is 3. The van der Waals surface area contributed by atoms with Gasteiger partial charge in [0.2, 0.25) is 5.91 Å². The van der Waals surface area contributed by atoms with Gasteiger partial charge in [-0.25, -0.2) is 0 Å². The van der Waals surface area contributed by atoms with E-state index in [9.17, 15) is 4.79 Å². The first-order valence-electron chi connectivity index (χ1n) is 7.78. The highest BCUT2D eigenvalue weighted by atomic mass is 32.2. The molecule has 0 aliphatic carbocycles. The number of carbonyl (C=O) groups is 1. The quantitative estimate of drug-likeness (QED) is 0.865. The van der Waals surface area contributed by atoms with E-state index >= 15 is 0 Å². The highest BCUT2D eigenvalue weighted by molar-refractivity contribution is 8.00. The molecule has 1 unspecified atom stereocenters. The van der Waals surface area contributed by atoms with Gasteiger partial charge in [0.25, 0.3) is 0 Å². The van der Waals surface area contributed by atoms with Gasteiger partial charge in [0.1, 0.15) is 0 Å². The molecule has 1 N–H and O–H groups in total. The Morgan fingerprint density at radius 2 is 2.05 bits per heavy atom. The van der Waals surface area contributed by atoms with Crippen LogP contribution in [0.15, 0.2) is 24.3 Å². The lowest BCUT2D eigenvalue weighted by Gasteiger charge is -2.30. The summed E-state index contributed by atoms with van der Waals surface area (Å²) in [5.74, 6) is 1.32. The minimum absolute atomic E-state index is 0.0499. The lowest BCUT2D eigenvalue weighted by Crippen LogP contribution is -2.50. The second-order valence-corrected chi connectivity index (χ2v) is 8.39. The van der Waals surface area contributed by atoms with E-state index in [0.29, 0.717) is 4.75 Å². The number of fused-ring (bicyclic) bond motifs is 1. The topological polar surface area (TPSA) is 32.3 Å². The van der Waals surface area contributed by atoms with Crippen molar-refractivity contribution in [3.8, 4) is 0 Å². The van der Waals surface area contributed by atoms with Crippen LogP contribution in [0.5, 0.6) is 0 Å². The number of nitrogens with one attached hydrogen (secondary N) is 1. The summed E-state index contributed by atoms with van der Waals surface area (Å²) in [7, 11) is 0. The van der Waals surface area contributed by atoms with Crippen LogP contribution in [0.3, 0.4) is 0 Å². The normalized spacial score (nSPS) is 25.0. The van der Waals surface area contributed by atoms with Crippen molar-refractivity contribution in [1.29, 1.82) is 0 Å². The molecule has 1 aromatic rings. The van der Waals surface area contributed by atoms with Crippen molar-refractivity contribution >= 4 is 17.7 Å². The zero-order valence-corrected chi connectivity index (χ0v) is 13.7. The van der Waals surface area contributed by atoms with Crippen LogP contribution in [0, 0.1) is 0 Å². The second kappa shape index (κ2) is 6.01. The van der Waals surface area contributed by atoms with Crippen molar-refractivity contribution in [2.75, 3.05) is 18.8 Å². The summed E-state index contributed by atoms with van der Waals surface area (Å²) in [5.41, 5.74) is 2.65. The lowest BCUT2D eigenvalue weighted by molar-refractivity contribution is -0.133. The van der Waals surface area contributed by atoms with Gasteiger partial charge in [-0.2, -0.15) is 11.8 Å². The highest BCUT2D eigenvalue weighted by Crippen LogP contribution is 2.31. The first-order chi connectivity index (χ1) is 10.1. The third kappa shape index (κ3) is 3.43. The minimum Gasteiger partial charge on any atom is -0.340 e. The maximum Gasteiger partial charge on any atom is 0.240 e. The molecule has 0 saturated carbocycles. The molecule has 1 amide bonds. The molecule has 1 saturated heterocycles. The van der Waals surface area contributed by atoms with Crippen LogP contribution in [-0.4, -0.2) is 40.4 Å². The molecule has 0 aromatic heterocycles. The molecule has 3 rings (SSSR count). The average Bonchev–Trinajstić information content (AvgIpc) is 2.67. The summed E-state index contributed by atoms with van der Waals surface area (Å²) in [6, 6.07) is 8.38. The minimum atomic E-state index is -0.0499. The molecule has 0 spiro atoms. The van der Waals surface area contributed by atoms with Crippen molar-refractivity contribution < 1.29 is 4.79 Å². The molecule has 3 nitrogen and oxygen atoms in total. The Labute approximate surface area is 131 Å². The average molecular weight is 304 g/mol. The van der Waals surface area contributed by atoms with E-state index < -0.39 is 0 Å². The van der Waals surface area contributed by atoms with Gasteiger partial charge in [-0.05, 0) is 24.0 Å². The monoisotopic (exact) mass is 304 g/mol. The number of thioether (sulfide) groups is 1. The van der Waals surface area contributed by atoms with Gasteiger partial charge < -0.3 is 10.2 Å². The molecule has 21 heavy (non-hydrogen) atoms. The largest absolute Gasteiger partial charge is 0.340 e. The molecular weight excluding hydrogens is 280 g/mol. The molecule has 2 aliphatic rings. The van der Waals surface area contributed by atoms with Crippen molar-refractivity contribution in [3.05, 3.63) is 35.4 Å². The molecule has 1 fully saturated rings. The standard InChI is InChI=1S/C17H24N2OS/c1-17(2)7-8-19(9-10-21-17)16(20)15-11-13-5-3-4-6-14(13)12-18-15/h3-6,15,18H,7-12H2,1-2H3. The van der Waals surface area contributed by atoms with Gasteiger partial charge in [-0.1, -0.05) is 38.1 Å². The predicted molar refractivity (Wildman–Crippen MR) is 88.5 cm³/mol. The Balaban J connectivity index is 1.66. The fraction of sp³-hybridized carbons (Fsp3) is 0.588. The summed E-state index contributed by atoms with van der Waals surface area (Å²) >= 11 is 1.98. The predicted octanol–water partition coefficient (Wildman–Crippen LogP) is 2.45. The number of carbonyl (C=O) groups excluding carboxylic acids is 1. The molecular formula is C17H24N2OS. The van der Waals surface area contributed by atoms with Gasteiger partial charge >= 0.3 is 0 Å². The Morgan fingerprint density at radius 3 is 2.86 bits per heavy atom. The van der Waals surface area contributed by atoms with Crippen molar-refractivity contribution in [3.63, 3.8) is 0 Å². The van der Waals surface area contributed by atoms with Gasteiger partial charge in [-0.3, -0.25) is 4.79 Å². The molecule has 4 heteroatoms. The SMILES string of the molecule is CC1(C)CCN(C(=O)C2Cc3ccccc3CN2)CCS1. The van der Waals surface area contributed by atoms with E-state index in [1.54, 1.807) is 0 Å². The van der Waals surface area contributed by atoms with Gasteiger partial charge in [-0.15, -0.1) is 0 Å². The molecule has 1 aromatic carbocycles. The molecule has 0 radical (unpaired) electrons. The van der Waals surface area contributed by atoms with Crippen molar-refractivity contribution in [2.24, 2.45) is 0 Å². The fourth-order valence-electron chi connectivity index (χ4n) is 3.09. The van der Waals surface area contributed by atoms with Crippen LogP contribution in [-0.2, 0) is 17.8 Å². The van der Waals surface area contributed by atoms with E-state index in [4.69, 9.17) is 0 Å². The summed E-state index contributed by atoms with van der Waals surface area (Å²) < 4.78 is 0.293. The molecule has 114 valence electrons. The van der Waals surface area contributed by atoms with Gasteiger partial charge in [0, 0.05) is 30.1 Å². The zero-order chi connectivity index (χ0) is 14.9. The summed E-state index contributed by atoms with van der Waals surface area (Å²) in [5, 5.41) is 3.42. The first kappa shape index (κ1) is 14.9. The number of nitrogens with zero attached hydrogens (tertiary/aromatic N) is 1. The molecule has 2 aliphatic heterocycles. The fourth-order valence-corrected chi connectivity index (χ4v) is 4.19. The van der Waals surface area contributed by atoms with E-state index in [2.05, 4.69) is 48.3 Å². The maximum absolute atomic E-state index is 12.8. The van der Waals surface area contributed by atoms with Crippen LogP contribution in [0.2, 0.25) is 0 Å². The van der Waals surface area contributed by atoms with Crippen molar-refractivity contribution in [1.82, 2.24) is 10.2 Å². The van der Waals surface area contributed by atoms with Crippen molar-refractivity contribution in [2.45, 2.75) is 44.0 Å². The van der Waals surface area contributed by atoms with Gasteiger partial charge in [0.05, 0.1) is 6.04 Å². The van der Waals surface area contributed by atoms with E-state index in [1.807, 2.05) is 11.8 Å². The van der Waals surface area contributed by atoms with Crippen LogP contribution in [0.1, 0.15) is 31.4 Å². The summed E-state index contributed by atoms with van der Waals surface area (Å²) in [6.07, 6.45) is 1.90. The second-order valence-electron chi connectivity index (χ2n) is 6.59. The lowest BCUT2D eigenvalue weighted by atomic mass is 9.95. The Kier molecular flexibility index (Phi) is 4.27. The summed E-state index contributed by atoms with van der Waals surface area (Å²) in [6.45, 7) is 7.13. The Hall–Kier alpha value is -1.00. The zero-order valence-electron chi connectivity index (χ0n) is 12.9. The van der Waals surface area contributed by atoms with Crippen LogP contribution in [0.4, 0.5) is 0 Å². The number of rotatable bonds is 1. The Bertz CT molecular complexity index is 529. The third-order valence-corrected chi connectivity index (χ3v) is 5.90. The number of benzene rings is 1. The maximum atomic E-state index is 12.8. The molecule has 1 atom stereocenters. The third-order valence-electron chi connectivity index (χ3n) is 4.53. The number of amides is 1. The smallest absolute Gasteiger partial charge is 0.240 e. The Morgan fingerprint density at radius 1 is 1.29 bits per heavy atom. The molecule has 0 bridgehead atoms. The van der Waals surface area contributed by atoms with E-state index in [0.717, 1.165) is 38.2 Å². The molecule has 2 heterocycles.